The minimum Gasteiger partial charge on any atom is -0.502 e. The molecule has 4 amide bonds. The Morgan fingerprint density at radius 3 is 1.94 bits per heavy atom. The van der Waals surface area contributed by atoms with Crippen LogP contribution in [0.2, 0.25) is 0 Å². The number of imide groups is 2. The van der Waals surface area contributed by atoms with Gasteiger partial charge in [-0.1, -0.05) is 48.0 Å². The number of benzene rings is 4. The normalized spacial score (nSPS) is 26.7. The monoisotopic (exact) mass is 683 g/mol. The van der Waals surface area contributed by atoms with Gasteiger partial charge in [-0.15, -0.1) is 0 Å². The summed E-state index contributed by atoms with van der Waals surface area (Å²) in [6.07, 6.45) is 2.53. The Balaban J connectivity index is 1.20. The smallest absolute Gasteiger partial charge is 0.241 e. The van der Waals surface area contributed by atoms with E-state index in [1.807, 2.05) is 61.5 Å². The second-order valence-electron chi connectivity index (χ2n) is 13.8. The lowest BCUT2D eigenvalue weighted by molar-refractivity contribution is -0.131. The molecule has 2 N–H and O–H groups in total. The molecule has 2 aliphatic carbocycles. The second-order valence-corrected chi connectivity index (χ2v) is 13.8. The molecule has 6 atom stereocenters. The van der Waals surface area contributed by atoms with Crippen LogP contribution < -0.4 is 24.6 Å². The fraction of sp³-hybridized carbons (Fsp3) is 0.268. The van der Waals surface area contributed by atoms with Gasteiger partial charge in [0.05, 0.1) is 48.8 Å². The molecular weight excluding hydrogens is 646 g/mol. The van der Waals surface area contributed by atoms with E-state index >= 15 is 0 Å². The number of hydrogen-bond acceptors (Lipinski definition) is 8. The third kappa shape index (κ3) is 4.84. The summed E-state index contributed by atoms with van der Waals surface area (Å²) in [5.74, 6) is -4.46. The molecule has 4 aromatic carbocycles. The molecule has 6 unspecified atom stereocenters. The molecule has 4 aromatic rings. The van der Waals surface area contributed by atoms with Gasteiger partial charge < -0.3 is 19.9 Å². The van der Waals surface area contributed by atoms with E-state index in [1.54, 1.807) is 48.5 Å². The summed E-state index contributed by atoms with van der Waals surface area (Å²) < 4.78 is 11.0. The van der Waals surface area contributed by atoms with Crippen LogP contribution in [0.5, 0.6) is 17.2 Å². The van der Waals surface area contributed by atoms with Gasteiger partial charge in [0, 0.05) is 17.3 Å². The van der Waals surface area contributed by atoms with Gasteiger partial charge in [0.25, 0.3) is 0 Å². The Kier molecular flexibility index (Phi) is 7.70. The third-order valence-corrected chi connectivity index (χ3v) is 11.3. The molecule has 2 aliphatic heterocycles. The van der Waals surface area contributed by atoms with Crippen LogP contribution in [-0.2, 0) is 19.2 Å². The van der Waals surface area contributed by atoms with Gasteiger partial charge in [-0.25, -0.2) is 4.90 Å². The Bertz CT molecular complexity index is 2070. The van der Waals surface area contributed by atoms with E-state index in [1.165, 1.54) is 24.0 Å². The van der Waals surface area contributed by atoms with Crippen LogP contribution in [0, 0.1) is 29.1 Å². The number of anilines is 4. The first-order valence-electron chi connectivity index (χ1n) is 17.1. The number of aromatic hydroxyl groups is 1. The molecule has 0 bridgehead atoms. The highest BCUT2D eigenvalue weighted by molar-refractivity contribution is 6.25. The topological polar surface area (TPSA) is 125 Å². The predicted octanol–water partition coefficient (Wildman–Crippen LogP) is 6.59. The number of phenols is 1. The maximum absolute atomic E-state index is 14.7. The van der Waals surface area contributed by atoms with Crippen LogP contribution in [0.25, 0.3) is 0 Å². The van der Waals surface area contributed by atoms with E-state index in [4.69, 9.17) is 9.47 Å². The van der Waals surface area contributed by atoms with Crippen LogP contribution in [0.15, 0.2) is 109 Å². The van der Waals surface area contributed by atoms with Crippen molar-refractivity contribution in [2.45, 2.75) is 25.7 Å². The van der Waals surface area contributed by atoms with Gasteiger partial charge in [-0.3, -0.25) is 24.1 Å². The summed E-state index contributed by atoms with van der Waals surface area (Å²) in [6.45, 7) is 1.82. The molecule has 10 heteroatoms. The van der Waals surface area contributed by atoms with Crippen molar-refractivity contribution in [3.63, 3.8) is 0 Å². The van der Waals surface area contributed by atoms with Gasteiger partial charge in [-0.2, -0.15) is 0 Å². The van der Waals surface area contributed by atoms with Crippen molar-refractivity contribution in [3.8, 4) is 17.2 Å². The lowest BCUT2D eigenvalue weighted by Gasteiger charge is -2.49. The maximum atomic E-state index is 14.7. The summed E-state index contributed by atoms with van der Waals surface area (Å²) in [5, 5.41) is 14.1. The molecule has 2 saturated heterocycles. The molecule has 258 valence electrons. The number of methoxy groups -OCH3 is 2. The van der Waals surface area contributed by atoms with Crippen LogP contribution in [0.4, 0.5) is 22.7 Å². The van der Waals surface area contributed by atoms with E-state index < -0.39 is 35.0 Å². The quantitative estimate of drug-likeness (QED) is 0.165. The fourth-order valence-corrected chi connectivity index (χ4v) is 8.94. The highest BCUT2D eigenvalue weighted by Crippen LogP contribution is 2.64. The van der Waals surface area contributed by atoms with Gasteiger partial charge in [0.2, 0.25) is 29.4 Å². The number of allylic oxidation sites excluding steroid dienone is 2. The SMILES string of the molecule is COc1cc(C2C3=CCC4C(=O)N(c5ccc(Nc6ccccc6)cc5)C(=O)C4C3CC3C(=O)N(c4ccccc4)C(=O)C32C)cc(OC)c1O. The molecule has 3 fully saturated rings. The van der Waals surface area contributed by atoms with Crippen molar-refractivity contribution in [3.05, 3.63) is 114 Å². The number of nitrogens with one attached hydrogen (secondary N) is 1. The standard InChI is InChI=1S/C41H37N3O7/c1-41-31(38(47)44(40(41)49)26-12-8-5-9-13-26)22-30-28(35(41)23-20-32(50-2)36(45)33(21-23)51-3)18-19-29-34(30)39(48)43(37(29)46)27-16-14-25(15-17-27)42-24-10-6-4-7-11-24/h4-18,20-21,29-31,34-35,42,45H,19,22H2,1-3H3. The number of fused-ring (bicyclic) bond motifs is 4. The highest BCUT2D eigenvalue weighted by Gasteiger charge is 2.67. The zero-order valence-corrected chi connectivity index (χ0v) is 28.4. The van der Waals surface area contributed by atoms with Crippen molar-refractivity contribution >= 4 is 46.4 Å². The molecule has 4 aliphatic rings. The highest BCUT2D eigenvalue weighted by atomic mass is 16.5. The number of ether oxygens (including phenoxy) is 2. The van der Waals surface area contributed by atoms with Crippen molar-refractivity contribution in [2.75, 3.05) is 29.3 Å². The number of nitrogens with zero attached hydrogens (tertiary/aromatic N) is 2. The Labute approximate surface area is 295 Å². The first kappa shape index (κ1) is 32.3. The van der Waals surface area contributed by atoms with Crippen molar-refractivity contribution in [2.24, 2.45) is 29.1 Å². The van der Waals surface area contributed by atoms with Crippen LogP contribution in [-0.4, -0.2) is 43.0 Å². The van der Waals surface area contributed by atoms with Crippen molar-refractivity contribution < 1.29 is 33.8 Å². The number of hydrogen-bond donors (Lipinski definition) is 2. The Morgan fingerprint density at radius 2 is 1.31 bits per heavy atom. The summed E-state index contributed by atoms with van der Waals surface area (Å²) >= 11 is 0. The zero-order chi connectivity index (χ0) is 35.6. The molecule has 51 heavy (non-hydrogen) atoms. The molecule has 1 saturated carbocycles. The summed E-state index contributed by atoms with van der Waals surface area (Å²) in [4.78, 5) is 60.2. The summed E-state index contributed by atoms with van der Waals surface area (Å²) in [6, 6.07) is 29.1. The lowest BCUT2D eigenvalue weighted by atomic mass is 9.51. The summed E-state index contributed by atoms with van der Waals surface area (Å²) in [7, 11) is 2.86. The van der Waals surface area contributed by atoms with E-state index in [2.05, 4.69) is 5.32 Å². The second kappa shape index (κ2) is 12.2. The molecular formula is C41H37N3O7. The number of carbonyl (C=O) groups excluding carboxylic acids is 4. The van der Waals surface area contributed by atoms with Crippen molar-refractivity contribution in [1.82, 2.24) is 0 Å². The molecule has 0 spiro atoms. The van der Waals surface area contributed by atoms with E-state index in [-0.39, 0.29) is 47.3 Å². The maximum Gasteiger partial charge on any atom is 0.241 e. The van der Waals surface area contributed by atoms with Crippen molar-refractivity contribution in [1.29, 1.82) is 0 Å². The van der Waals surface area contributed by atoms with Crippen LogP contribution in [0.1, 0.15) is 31.2 Å². The predicted molar refractivity (Wildman–Crippen MR) is 191 cm³/mol. The van der Waals surface area contributed by atoms with Gasteiger partial charge in [0.15, 0.2) is 11.5 Å². The average Bonchev–Trinajstić information content (AvgIpc) is 3.52. The zero-order valence-electron chi connectivity index (χ0n) is 28.4. The average molecular weight is 684 g/mol. The lowest BCUT2D eigenvalue weighted by Crippen LogP contribution is -2.48. The summed E-state index contributed by atoms with van der Waals surface area (Å²) in [5.41, 5.74) is 2.86. The van der Waals surface area contributed by atoms with Crippen LogP contribution in [0.3, 0.4) is 0 Å². The molecule has 0 radical (unpaired) electrons. The number of para-hydroxylation sites is 2. The third-order valence-electron chi connectivity index (χ3n) is 11.3. The Morgan fingerprint density at radius 1 is 0.725 bits per heavy atom. The number of rotatable bonds is 7. The van der Waals surface area contributed by atoms with Gasteiger partial charge in [0.1, 0.15) is 0 Å². The van der Waals surface area contributed by atoms with Gasteiger partial charge >= 0.3 is 0 Å². The van der Waals surface area contributed by atoms with Crippen LogP contribution >= 0.6 is 0 Å². The van der Waals surface area contributed by atoms with E-state index in [0.717, 1.165) is 16.9 Å². The van der Waals surface area contributed by atoms with E-state index in [9.17, 15) is 24.3 Å². The minimum atomic E-state index is -1.25. The molecule has 8 rings (SSSR count). The molecule has 10 nitrogen and oxygen atoms in total. The fourth-order valence-electron chi connectivity index (χ4n) is 8.94. The Hall–Kier alpha value is -5.90. The largest absolute Gasteiger partial charge is 0.502 e. The number of phenolic OH excluding ortho intramolecular Hbond substituents is 1. The molecule has 2 heterocycles. The van der Waals surface area contributed by atoms with E-state index in [0.29, 0.717) is 23.4 Å². The van der Waals surface area contributed by atoms with Gasteiger partial charge in [-0.05, 0) is 91.9 Å². The number of carbonyl (C=O) groups is 4. The minimum absolute atomic E-state index is 0.154. The number of amides is 4. The first-order valence-corrected chi connectivity index (χ1v) is 17.1. The molecule has 0 aromatic heterocycles. The first-order chi connectivity index (χ1) is 24.7.